The van der Waals surface area contributed by atoms with E-state index in [4.69, 9.17) is 4.74 Å². The van der Waals surface area contributed by atoms with Gasteiger partial charge in [0.1, 0.15) is 11.9 Å². The summed E-state index contributed by atoms with van der Waals surface area (Å²) in [6, 6.07) is 7.69. The molecule has 1 fully saturated rings. The number of halogens is 2. The molecule has 1 aliphatic heterocycles. The van der Waals surface area contributed by atoms with Gasteiger partial charge in [0.2, 0.25) is 5.91 Å². The number of amides is 1. The molecule has 19 heavy (non-hydrogen) atoms. The number of carbonyl (C=O) groups is 1. The summed E-state index contributed by atoms with van der Waals surface area (Å²) in [4.78, 5) is 11.6. The fourth-order valence-corrected chi connectivity index (χ4v) is 2.04. The number of hydrogen-bond donors (Lipinski definition) is 2. The molecule has 4 nitrogen and oxygen atoms in total. The van der Waals surface area contributed by atoms with Crippen LogP contribution in [0.4, 0.5) is 0 Å². The summed E-state index contributed by atoms with van der Waals surface area (Å²) < 4.78 is 6.67. The molecule has 1 saturated heterocycles. The highest BCUT2D eigenvalue weighted by Gasteiger charge is 2.24. The first-order valence-electron chi connectivity index (χ1n) is 6.06. The molecule has 0 radical (unpaired) electrons. The van der Waals surface area contributed by atoms with Crippen LogP contribution in [0.15, 0.2) is 28.7 Å². The first-order chi connectivity index (χ1) is 8.66. The van der Waals surface area contributed by atoms with Crippen LogP contribution in [0, 0.1) is 5.92 Å². The van der Waals surface area contributed by atoms with Crippen molar-refractivity contribution in [2.45, 2.75) is 13.0 Å². The van der Waals surface area contributed by atoms with Crippen LogP contribution in [0.3, 0.4) is 0 Å². The molecule has 1 atom stereocenters. The average molecular weight is 350 g/mol. The van der Waals surface area contributed by atoms with Crippen LogP contribution in [0.2, 0.25) is 0 Å². The highest BCUT2D eigenvalue weighted by atomic mass is 79.9. The molecule has 0 aromatic heterocycles. The summed E-state index contributed by atoms with van der Waals surface area (Å²) in [5.74, 6) is 1.03. The van der Waals surface area contributed by atoms with E-state index in [1.807, 2.05) is 31.2 Å². The summed E-state index contributed by atoms with van der Waals surface area (Å²) in [5, 5.41) is 5.98. The summed E-state index contributed by atoms with van der Waals surface area (Å²) in [5.41, 5.74) is 0. The normalized spacial score (nSPS) is 15.9. The molecule has 1 amide bonds. The van der Waals surface area contributed by atoms with E-state index in [0.717, 1.165) is 23.3 Å². The Labute approximate surface area is 127 Å². The second-order valence-corrected chi connectivity index (χ2v) is 5.31. The zero-order chi connectivity index (χ0) is 13.0. The van der Waals surface area contributed by atoms with Crippen LogP contribution >= 0.6 is 28.3 Å². The Bertz CT molecular complexity index is 427. The van der Waals surface area contributed by atoms with Crippen molar-refractivity contribution in [1.82, 2.24) is 10.6 Å². The fourth-order valence-electron chi connectivity index (χ4n) is 1.66. The van der Waals surface area contributed by atoms with E-state index in [1.165, 1.54) is 0 Å². The topological polar surface area (TPSA) is 50.4 Å². The molecule has 0 bridgehead atoms. The zero-order valence-electron chi connectivity index (χ0n) is 10.7. The molecule has 2 N–H and O–H groups in total. The minimum Gasteiger partial charge on any atom is -0.488 e. The molecular weight excluding hydrogens is 332 g/mol. The van der Waals surface area contributed by atoms with Crippen molar-refractivity contribution < 1.29 is 9.53 Å². The van der Waals surface area contributed by atoms with Gasteiger partial charge in [0.15, 0.2) is 0 Å². The Kier molecular flexibility index (Phi) is 6.62. The molecule has 6 heteroatoms. The minimum atomic E-state index is -0.0549. The van der Waals surface area contributed by atoms with Crippen molar-refractivity contribution in [2.24, 2.45) is 5.92 Å². The lowest BCUT2D eigenvalue weighted by molar-refractivity contribution is -0.126. The molecule has 1 aromatic carbocycles. The van der Waals surface area contributed by atoms with Gasteiger partial charge in [0.25, 0.3) is 0 Å². The lowest BCUT2D eigenvalue weighted by Gasteiger charge is -2.26. The van der Waals surface area contributed by atoms with Crippen molar-refractivity contribution in [2.75, 3.05) is 19.6 Å². The fraction of sp³-hybridized carbons (Fsp3) is 0.462. The second-order valence-electron chi connectivity index (χ2n) is 4.46. The molecule has 1 heterocycles. The van der Waals surface area contributed by atoms with Crippen molar-refractivity contribution in [3.8, 4) is 5.75 Å². The lowest BCUT2D eigenvalue weighted by atomic mass is 10.0. The van der Waals surface area contributed by atoms with Crippen LogP contribution in [-0.4, -0.2) is 31.6 Å². The first-order valence-corrected chi connectivity index (χ1v) is 6.85. The number of carbonyl (C=O) groups excluding carboxylic acids is 1. The van der Waals surface area contributed by atoms with Gasteiger partial charge < -0.3 is 15.4 Å². The second kappa shape index (κ2) is 7.72. The molecule has 1 aromatic rings. The number of rotatable bonds is 5. The monoisotopic (exact) mass is 348 g/mol. The van der Waals surface area contributed by atoms with Crippen molar-refractivity contribution >= 4 is 34.2 Å². The van der Waals surface area contributed by atoms with Crippen molar-refractivity contribution in [3.05, 3.63) is 28.7 Å². The molecule has 0 spiro atoms. The number of nitrogens with one attached hydrogen (secondary N) is 2. The van der Waals surface area contributed by atoms with Gasteiger partial charge in [-0.1, -0.05) is 12.1 Å². The van der Waals surface area contributed by atoms with Gasteiger partial charge in [0.05, 0.1) is 16.9 Å². The maximum atomic E-state index is 11.6. The van der Waals surface area contributed by atoms with Gasteiger partial charge in [-0.05, 0) is 35.0 Å². The third-order valence-corrected chi connectivity index (χ3v) is 3.54. The van der Waals surface area contributed by atoms with E-state index in [1.54, 1.807) is 0 Å². The van der Waals surface area contributed by atoms with E-state index in [0.29, 0.717) is 6.54 Å². The highest BCUT2D eigenvalue weighted by Crippen LogP contribution is 2.24. The smallest absolute Gasteiger partial charge is 0.225 e. The predicted octanol–water partition coefficient (Wildman–Crippen LogP) is 1.97. The number of para-hydroxylation sites is 1. The number of ether oxygens (including phenoxy) is 1. The number of hydrogen-bond acceptors (Lipinski definition) is 3. The van der Waals surface area contributed by atoms with E-state index in [2.05, 4.69) is 26.6 Å². The van der Waals surface area contributed by atoms with Gasteiger partial charge in [-0.3, -0.25) is 4.79 Å². The highest BCUT2D eigenvalue weighted by molar-refractivity contribution is 9.10. The van der Waals surface area contributed by atoms with E-state index in [9.17, 15) is 4.79 Å². The Morgan fingerprint density at radius 3 is 2.79 bits per heavy atom. The van der Waals surface area contributed by atoms with Crippen LogP contribution in [-0.2, 0) is 4.79 Å². The quantitative estimate of drug-likeness (QED) is 0.854. The minimum absolute atomic E-state index is 0. The van der Waals surface area contributed by atoms with E-state index in [-0.39, 0.29) is 30.3 Å². The van der Waals surface area contributed by atoms with E-state index >= 15 is 0 Å². The Hall–Kier alpha value is -0.780. The zero-order valence-corrected chi connectivity index (χ0v) is 13.1. The maximum absolute atomic E-state index is 11.6. The third-order valence-electron chi connectivity index (χ3n) is 2.88. The molecule has 1 aliphatic rings. The summed E-state index contributed by atoms with van der Waals surface area (Å²) in [6.07, 6.45) is -0.0549. The first kappa shape index (κ1) is 16.3. The Balaban J connectivity index is 0.00000180. The Morgan fingerprint density at radius 1 is 1.53 bits per heavy atom. The summed E-state index contributed by atoms with van der Waals surface area (Å²) in [6.45, 7) is 4.03. The average Bonchev–Trinajstić information content (AvgIpc) is 2.27. The standard InChI is InChI=1S/C13H17BrN2O2.ClH/c1-9(6-16-13(17)10-7-15-8-10)18-12-5-3-2-4-11(12)14;/h2-5,9-10,15H,6-8H2,1H3,(H,16,17);1H. The maximum Gasteiger partial charge on any atom is 0.225 e. The summed E-state index contributed by atoms with van der Waals surface area (Å²) >= 11 is 3.43. The van der Waals surface area contributed by atoms with Gasteiger partial charge in [-0.2, -0.15) is 0 Å². The third kappa shape index (κ3) is 4.67. The van der Waals surface area contributed by atoms with E-state index < -0.39 is 0 Å². The van der Waals surface area contributed by atoms with Crippen LogP contribution in [0.5, 0.6) is 5.75 Å². The largest absolute Gasteiger partial charge is 0.488 e. The SMILES string of the molecule is CC(CNC(=O)C1CNC1)Oc1ccccc1Br.Cl. The molecule has 0 saturated carbocycles. The van der Waals surface area contributed by atoms with Gasteiger partial charge in [0, 0.05) is 13.1 Å². The lowest BCUT2D eigenvalue weighted by Crippen LogP contribution is -2.51. The Morgan fingerprint density at radius 2 is 2.21 bits per heavy atom. The predicted molar refractivity (Wildman–Crippen MR) is 80.8 cm³/mol. The molecular formula is C13H18BrClN2O2. The molecule has 2 rings (SSSR count). The van der Waals surface area contributed by atoms with Crippen LogP contribution in [0.25, 0.3) is 0 Å². The number of benzene rings is 1. The van der Waals surface area contributed by atoms with Crippen LogP contribution < -0.4 is 15.4 Å². The van der Waals surface area contributed by atoms with Gasteiger partial charge in [-0.15, -0.1) is 12.4 Å². The summed E-state index contributed by atoms with van der Waals surface area (Å²) in [7, 11) is 0. The van der Waals surface area contributed by atoms with Crippen molar-refractivity contribution in [3.63, 3.8) is 0 Å². The van der Waals surface area contributed by atoms with Crippen molar-refractivity contribution in [1.29, 1.82) is 0 Å². The molecule has 106 valence electrons. The van der Waals surface area contributed by atoms with Gasteiger partial charge >= 0.3 is 0 Å². The molecule has 0 aliphatic carbocycles. The van der Waals surface area contributed by atoms with Crippen LogP contribution in [0.1, 0.15) is 6.92 Å². The molecule has 1 unspecified atom stereocenters. The van der Waals surface area contributed by atoms with Gasteiger partial charge in [-0.25, -0.2) is 0 Å².